The second-order valence-electron chi connectivity index (χ2n) is 4.71. The molecule has 0 aromatic carbocycles. The number of anilines is 1. The zero-order valence-electron chi connectivity index (χ0n) is 11.7. The molecule has 0 aliphatic heterocycles. The van der Waals surface area contributed by atoms with Gasteiger partial charge in [-0.15, -0.1) is 0 Å². The van der Waals surface area contributed by atoms with Crippen LogP contribution in [-0.2, 0) is 4.79 Å². The van der Waals surface area contributed by atoms with E-state index in [-0.39, 0.29) is 5.92 Å². The van der Waals surface area contributed by atoms with Crippen LogP contribution in [0.3, 0.4) is 0 Å². The van der Waals surface area contributed by atoms with Crippen LogP contribution in [-0.4, -0.2) is 35.2 Å². The highest BCUT2D eigenvalue weighted by molar-refractivity contribution is 5.92. The number of nitrogens with one attached hydrogen (secondary N) is 2. The van der Waals surface area contributed by atoms with Crippen molar-refractivity contribution in [3.8, 4) is 5.88 Å². The normalized spacial score (nSPS) is 11.8. The van der Waals surface area contributed by atoms with Crippen LogP contribution >= 0.6 is 0 Å². The fourth-order valence-electron chi connectivity index (χ4n) is 1.59. The maximum atomic E-state index is 11.7. The van der Waals surface area contributed by atoms with Gasteiger partial charge in [-0.1, -0.05) is 13.8 Å². The van der Waals surface area contributed by atoms with Gasteiger partial charge in [0.05, 0.1) is 19.0 Å². The standard InChI is InChI=1S/C13H19N3O4/c1-8(2)6-10(12(17)18)16-13(19)15-9-4-5-11(20-3)14-7-9/h4-5,7-8,10H,6H2,1-3H3,(H,17,18)(H2,15,16,19)/t10-/m1/s1. The number of hydrogen-bond donors (Lipinski definition) is 3. The molecular formula is C13H19N3O4. The van der Waals surface area contributed by atoms with Gasteiger partial charge in [-0.3, -0.25) is 0 Å². The van der Waals surface area contributed by atoms with E-state index in [2.05, 4.69) is 15.6 Å². The molecule has 0 radical (unpaired) electrons. The van der Waals surface area contributed by atoms with Crippen LogP contribution in [0.25, 0.3) is 0 Å². The molecule has 20 heavy (non-hydrogen) atoms. The number of aromatic nitrogens is 1. The summed E-state index contributed by atoms with van der Waals surface area (Å²) < 4.78 is 4.90. The molecule has 2 amide bonds. The average Bonchev–Trinajstić information content (AvgIpc) is 2.38. The molecule has 1 aromatic heterocycles. The van der Waals surface area contributed by atoms with Gasteiger partial charge in [0.1, 0.15) is 6.04 Å². The van der Waals surface area contributed by atoms with Gasteiger partial charge in [-0.2, -0.15) is 0 Å². The smallest absolute Gasteiger partial charge is 0.326 e. The maximum Gasteiger partial charge on any atom is 0.326 e. The van der Waals surface area contributed by atoms with Gasteiger partial charge in [0.25, 0.3) is 0 Å². The number of carbonyl (C=O) groups is 2. The van der Waals surface area contributed by atoms with Gasteiger partial charge in [0.15, 0.2) is 0 Å². The first kappa shape index (κ1) is 15.7. The molecule has 110 valence electrons. The molecule has 0 aliphatic carbocycles. The van der Waals surface area contributed by atoms with Gasteiger partial charge < -0.3 is 20.5 Å². The first-order valence-electron chi connectivity index (χ1n) is 6.22. The molecular weight excluding hydrogens is 262 g/mol. The zero-order chi connectivity index (χ0) is 15.1. The van der Waals surface area contributed by atoms with Crippen molar-refractivity contribution in [1.82, 2.24) is 10.3 Å². The largest absolute Gasteiger partial charge is 0.481 e. The molecule has 7 heteroatoms. The Bertz CT molecular complexity index is 459. The Kier molecular flexibility index (Phi) is 5.76. The van der Waals surface area contributed by atoms with Crippen molar-refractivity contribution in [2.24, 2.45) is 5.92 Å². The molecule has 0 bridgehead atoms. The van der Waals surface area contributed by atoms with Gasteiger partial charge >= 0.3 is 12.0 Å². The summed E-state index contributed by atoms with van der Waals surface area (Å²) in [7, 11) is 1.49. The van der Waals surface area contributed by atoms with Crippen LogP contribution in [0.4, 0.5) is 10.5 Å². The fraction of sp³-hybridized carbons (Fsp3) is 0.462. The molecule has 0 saturated heterocycles. The number of carboxylic acid groups (broad SMARTS) is 1. The van der Waals surface area contributed by atoms with E-state index in [0.717, 1.165) is 0 Å². The minimum atomic E-state index is -1.05. The number of hydrogen-bond acceptors (Lipinski definition) is 4. The summed E-state index contributed by atoms with van der Waals surface area (Å²) in [5.41, 5.74) is 0.456. The third-order valence-electron chi connectivity index (χ3n) is 2.51. The van der Waals surface area contributed by atoms with Crippen molar-refractivity contribution < 1.29 is 19.4 Å². The van der Waals surface area contributed by atoms with Gasteiger partial charge in [0.2, 0.25) is 5.88 Å². The van der Waals surface area contributed by atoms with E-state index >= 15 is 0 Å². The Labute approximate surface area is 117 Å². The van der Waals surface area contributed by atoms with Crippen LogP contribution in [0, 0.1) is 5.92 Å². The second kappa shape index (κ2) is 7.32. The Morgan fingerprint density at radius 1 is 1.40 bits per heavy atom. The molecule has 1 heterocycles. The highest BCUT2D eigenvalue weighted by Crippen LogP contribution is 2.11. The monoisotopic (exact) mass is 281 g/mol. The maximum absolute atomic E-state index is 11.7. The van der Waals surface area contributed by atoms with E-state index in [1.54, 1.807) is 12.1 Å². The Morgan fingerprint density at radius 2 is 2.10 bits per heavy atom. The van der Waals surface area contributed by atoms with E-state index in [1.807, 2.05) is 13.8 Å². The molecule has 1 rings (SSSR count). The summed E-state index contributed by atoms with van der Waals surface area (Å²) >= 11 is 0. The van der Waals surface area contributed by atoms with E-state index in [9.17, 15) is 9.59 Å². The first-order chi connectivity index (χ1) is 9.42. The Morgan fingerprint density at radius 3 is 2.55 bits per heavy atom. The topological polar surface area (TPSA) is 101 Å². The van der Waals surface area contributed by atoms with Crippen molar-refractivity contribution in [1.29, 1.82) is 0 Å². The number of nitrogens with zero attached hydrogens (tertiary/aromatic N) is 1. The number of rotatable bonds is 6. The quantitative estimate of drug-likeness (QED) is 0.737. The van der Waals surface area contributed by atoms with Crippen LogP contribution < -0.4 is 15.4 Å². The summed E-state index contributed by atoms with van der Waals surface area (Å²) in [4.78, 5) is 26.7. The van der Waals surface area contributed by atoms with Crippen LogP contribution in [0.2, 0.25) is 0 Å². The second-order valence-corrected chi connectivity index (χ2v) is 4.71. The molecule has 0 aliphatic rings. The summed E-state index contributed by atoms with van der Waals surface area (Å²) in [5, 5.41) is 14.0. The van der Waals surface area contributed by atoms with Gasteiger partial charge in [0, 0.05) is 6.07 Å². The number of methoxy groups -OCH3 is 1. The molecule has 3 N–H and O–H groups in total. The van der Waals surface area contributed by atoms with Crippen molar-refractivity contribution in [2.75, 3.05) is 12.4 Å². The molecule has 1 aromatic rings. The number of ether oxygens (including phenoxy) is 1. The van der Waals surface area contributed by atoms with Crippen molar-refractivity contribution in [3.63, 3.8) is 0 Å². The zero-order valence-corrected chi connectivity index (χ0v) is 11.7. The van der Waals surface area contributed by atoms with E-state index in [1.165, 1.54) is 13.3 Å². The minimum absolute atomic E-state index is 0.166. The number of aliphatic carboxylic acids is 1. The number of carbonyl (C=O) groups excluding carboxylic acids is 1. The fourth-order valence-corrected chi connectivity index (χ4v) is 1.59. The summed E-state index contributed by atoms with van der Waals surface area (Å²) in [5.74, 6) is -0.458. The molecule has 0 saturated carbocycles. The lowest BCUT2D eigenvalue weighted by atomic mass is 10.0. The molecule has 0 spiro atoms. The lowest BCUT2D eigenvalue weighted by molar-refractivity contribution is -0.139. The van der Waals surface area contributed by atoms with E-state index < -0.39 is 18.0 Å². The van der Waals surface area contributed by atoms with Crippen LogP contribution in [0.5, 0.6) is 5.88 Å². The van der Waals surface area contributed by atoms with Crippen LogP contribution in [0.15, 0.2) is 18.3 Å². The number of carboxylic acids is 1. The lowest BCUT2D eigenvalue weighted by Gasteiger charge is -2.16. The number of amides is 2. The van der Waals surface area contributed by atoms with E-state index in [0.29, 0.717) is 18.0 Å². The highest BCUT2D eigenvalue weighted by Gasteiger charge is 2.20. The lowest BCUT2D eigenvalue weighted by Crippen LogP contribution is -2.43. The predicted molar refractivity (Wildman–Crippen MR) is 73.8 cm³/mol. The van der Waals surface area contributed by atoms with Crippen molar-refractivity contribution in [3.05, 3.63) is 18.3 Å². The third kappa shape index (κ3) is 5.13. The SMILES string of the molecule is COc1ccc(NC(=O)N[C@H](CC(C)C)C(=O)O)cn1. The van der Waals surface area contributed by atoms with Crippen molar-refractivity contribution in [2.45, 2.75) is 26.3 Å². The molecule has 1 atom stereocenters. The third-order valence-corrected chi connectivity index (χ3v) is 2.51. The summed E-state index contributed by atoms with van der Waals surface area (Å²) in [6, 6.07) is 1.72. The number of pyridine rings is 1. The summed E-state index contributed by atoms with van der Waals surface area (Å²) in [6.45, 7) is 3.78. The summed E-state index contributed by atoms with van der Waals surface area (Å²) in [6.07, 6.45) is 1.79. The molecule has 7 nitrogen and oxygen atoms in total. The number of urea groups is 1. The Hall–Kier alpha value is -2.31. The molecule has 0 unspecified atom stereocenters. The first-order valence-corrected chi connectivity index (χ1v) is 6.22. The minimum Gasteiger partial charge on any atom is -0.481 e. The van der Waals surface area contributed by atoms with Crippen molar-refractivity contribution >= 4 is 17.7 Å². The Balaban J connectivity index is 2.58. The predicted octanol–water partition coefficient (Wildman–Crippen LogP) is 1.71. The molecule has 0 fully saturated rings. The van der Waals surface area contributed by atoms with Gasteiger partial charge in [-0.25, -0.2) is 14.6 Å². The van der Waals surface area contributed by atoms with E-state index in [4.69, 9.17) is 9.84 Å². The highest BCUT2D eigenvalue weighted by atomic mass is 16.5. The average molecular weight is 281 g/mol. The van der Waals surface area contributed by atoms with Crippen LogP contribution in [0.1, 0.15) is 20.3 Å². The van der Waals surface area contributed by atoms with Gasteiger partial charge in [-0.05, 0) is 18.4 Å².